The second-order valence-corrected chi connectivity index (χ2v) is 11.3. The van der Waals surface area contributed by atoms with Gasteiger partial charge in [-0.15, -0.1) is 47.0 Å². The third-order valence-corrected chi connectivity index (χ3v) is 11.6. The Morgan fingerprint density at radius 3 is 1.06 bits per heavy atom. The third kappa shape index (κ3) is 2.40. The molecule has 0 amide bonds. The lowest BCUT2D eigenvalue weighted by atomic mass is 10.00. The maximum absolute atomic E-state index is 2.26. The molecule has 0 nitrogen and oxygen atoms in total. The van der Waals surface area contributed by atoms with Gasteiger partial charge in [0.2, 0.25) is 0 Å². The fourth-order valence-electron chi connectivity index (χ4n) is 3.46. The number of fused-ring (bicyclic) bond motifs is 2. The van der Waals surface area contributed by atoms with E-state index in [1.807, 2.05) is 0 Å². The molecule has 0 radical (unpaired) electrons. The van der Waals surface area contributed by atoms with E-state index in [0.29, 0.717) is 0 Å². The summed E-state index contributed by atoms with van der Waals surface area (Å²) in [6.07, 6.45) is 11.8. The second kappa shape index (κ2) is 5.50. The first-order chi connectivity index (χ1) is 8.90. The van der Waals surface area contributed by atoms with Crippen molar-refractivity contribution in [2.75, 3.05) is 0 Å². The van der Waals surface area contributed by atoms with Crippen LogP contribution in [0.4, 0.5) is 0 Å². The smallest absolute Gasteiger partial charge is 0.0608 e. The first kappa shape index (κ1) is 12.8. The monoisotopic (exact) mass is 316 g/mol. The molecule has 2 aliphatic heterocycles. The van der Waals surface area contributed by atoms with Crippen LogP contribution in [0.15, 0.2) is 8.47 Å². The van der Waals surface area contributed by atoms with E-state index >= 15 is 0 Å². The molecule has 2 fully saturated rings. The van der Waals surface area contributed by atoms with Crippen LogP contribution < -0.4 is 0 Å². The quantitative estimate of drug-likeness (QED) is 0.562. The highest BCUT2D eigenvalue weighted by atomic mass is 32.2. The maximum atomic E-state index is 2.26. The SMILES string of the molecule is C1CCC2SC3=C(SC2C1)SC1CCCCC1S3. The molecule has 100 valence electrons. The van der Waals surface area contributed by atoms with E-state index in [4.69, 9.17) is 0 Å². The Labute approximate surface area is 127 Å². The molecule has 4 heteroatoms. The first-order valence-electron chi connectivity index (χ1n) is 7.31. The topological polar surface area (TPSA) is 0 Å². The molecule has 0 bridgehead atoms. The van der Waals surface area contributed by atoms with Crippen LogP contribution in [0.1, 0.15) is 51.4 Å². The van der Waals surface area contributed by atoms with E-state index in [0.717, 1.165) is 21.0 Å². The van der Waals surface area contributed by atoms with Crippen molar-refractivity contribution in [2.45, 2.75) is 72.4 Å². The number of hydrogen-bond acceptors (Lipinski definition) is 4. The van der Waals surface area contributed by atoms with Gasteiger partial charge in [0, 0.05) is 21.0 Å². The van der Waals surface area contributed by atoms with Crippen molar-refractivity contribution in [3.63, 3.8) is 0 Å². The Hall–Kier alpha value is 1.14. The summed E-state index contributed by atoms with van der Waals surface area (Å²) in [6.45, 7) is 0. The predicted octanol–water partition coefficient (Wildman–Crippen LogP) is 5.70. The van der Waals surface area contributed by atoms with Gasteiger partial charge in [0.1, 0.15) is 0 Å². The van der Waals surface area contributed by atoms with Gasteiger partial charge in [0.05, 0.1) is 8.47 Å². The summed E-state index contributed by atoms with van der Waals surface area (Å²) < 4.78 is 3.44. The van der Waals surface area contributed by atoms with Gasteiger partial charge in [-0.25, -0.2) is 0 Å². The molecule has 2 aliphatic carbocycles. The van der Waals surface area contributed by atoms with Crippen molar-refractivity contribution >= 4 is 47.0 Å². The molecule has 4 atom stereocenters. The zero-order valence-corrected chi connectivity index (χ0v) is 13.9. The summed E-state index contributed by atoms with van der Waals surface area (Å²) in [5.41, 5.74) is 0. The summed E-state index contributed by atoms with van der Waals surface area (Å²) in [5.74, 6) is 0. The molecule has 0 aromatic heterocycles. The fourth-order valence-corrected chi connectivity index (χ4v) is 11.0. The van der Waals surface area contributed by atoms with Gasteiger partial charge in [-0.05, 0) is 25.7 Å². The average Bonchev–Trinajstić information content (AvgIpc) is 2.42. The predicted molar refractivity (Wildman–Crippen MR) is 89.5 cm³/mol. The van der Waals surface area contributed by atoms with E-state index < -0.39 is 0 Å². The van der Waals surface area contributed by atoms with Gasteiger partial charge in [0.15, 0.2) is 0 Å². The Morgan fingerprint density at radius 2 is 0.778 bits per heavy atom. The number of rotatable bonds is 0. The molecule has 0 saturated heterocycles. The molecule has 0 aromatic carbocycles. The van der Waals surface area contributed by atoms with Crippen molar-refractivity contribution in [3.05, 3.63) is 8.47 Å². The van der Waals surface area contributed by atoms with Crippen LogP contribution in [0.3, 0.4) is 0 Å². The highest BCUT2D eigenvalue weighted by Gasteiger charge is 2.40. The average molecular weight is 317 g/mol. The molecule has 4 rings (SSSR count). The second-order valence-electron chi connectivity index (χ2n) is 5.77. The minimum atomic E-state index is 0.941. The Morgan fingerprint density at radius 1 is 0.500 bits per heavy atom. The zero-order chi connectivity index (χ0) is 11.9. The highest BCUT2D eigenvalue weighted by molar-refractivity contribution is 8.31. The zero-order valence-electron chi connectivity index (χ0n) is 10.6. The van der Waals surface area contributed by atoms with Crippen molar-refractivity contribution in [2.24, 2.45) is 0 Å². The Balaban J connectivity index is 1.55. The van der Waals surface area contributed by atoms with Gasteiger partial charge >= 0.3 is 0 Å². The molecule has 4 unspecified atom stereocenters. The van der Waals surface area contributed by atoms with Gasteiger partial charge < -0.3 is 0 Å². The van der Waals surface area contributed by atoms with Crippen molar-refractivity contribution in [1.29, 1.82) is 0 Å². The highest BCUT2D eigenvalue weighted by Crippen LogP contribution is 2.61. The van der Waals surface area contributed by atoms with E-state index in [1.165, 1.54) is 51.4 Å². The fraction of sp³-hybridized carbons (Fsp3) is 0.857. The van der Waals surface area contributed by atoms with Gasteiger partial charge in [0.25, 0.3) is 0 Å². The standard InChI is InChI=1S/C14H20S4/c1-2-6-10-9(5-1)15-13-14(16-10)18-12-8-4-3-7-11(12)17-13/h9-12H,1-8H2. The number of hydrogen-bond donors (Lipinski definition) is 0. The molecule has 0 aromatic rings. The summed E-state index contributed by atoms with van der Waals surface area (Å²) >= 11 is 9.02. The summed E-state index contributed by atoms with van der Waals surface area (Å²) in [6, 6.07) is 0. The van der Waals surface area contributed by atoms with Gasteiger partial charge in [-0.2, -0.15) is 0 Å². The molecule has 0 N–H and O–H groups in total. The molecule has 4 aliphatic rings. The largest absolute Gasteiger partial charge is 0.113 e. The van der Waals surface area contributed by atoms with Crippen molar-refractivity contribution in [3.8, 4) is 0 Å². The van der Waals surface area contributed by atoms with Crippen LogP contribution in [0.5, 0.6) is 0 Å². The van der Waals surface area contributed by atoms with Crippen molar-refractivity contribution in [1.82, 2.24) is 0 Å². The van der Waals surface area contributed by atoms with E-state index in [-0.39, 0.29) is 0 Å². The molecule has 2 saturated carbocycles. The lowest BCUT2D eigenvalue weighted by Crippen LogP contribution is -2.31. The van der Waals surface area contributed by atoms with Crippen molar-refractivity contribution < 1.29 is 0 Å². The van der Waals surface area contributed by atoms with Crippen LogP contribution in [0.25, 0.3) is 0 Å². The van der Waals surface area contributed by atoms with Gasteiger partial charge in [-0.1, -0.05) is 25.7 Å². The van der Waals surface area contributed by atoms with Crippen LogP contribution >= 0.6 is 47.0 Å². The Bertz CT molecular complexity index is 299. The number of thioether (sulfide) groups is 4. The molecular weight excluding hydrogens is 296 g/mol. The minimum Gasteiger partial charge on any atom is -0.113 e. The van der Waals surface area contributed by atoms with Crippen LogP contribution in [-0.2, 0) is 0 Å². The summed E-state index contributed by atoms with van der Waals surface area (Å²) in [5, 5.41) is 3.76. The minimum absolute atomic E-state index is 0.941. The molecule has 18 heavy (non-hydrogen) atoms. The van der Waals surface area contributed by atoms with E-state index in [2.05, 4.69) is 47.0 Å². The molecule has 2 heterocycles. The summed E-state index contributed by atoms with van der Waals surface area (Å²) in [7, 11) is 0. The third-order valence-electron chi connectivity index (χ3n) is 4.48. The summed E-state index contributed by atoms with van der Waals surface area (Å²) in [4.78, 5) is 0. The lowest BCUT2D eigenvalue weighted by molar-refractivity contribution is 0.525. The van der Waals surface area contributed by atoms with E-state index in [9.17, 15) is 0 Å². The van der Waals surface area contributed by atoms with Crippen LogP contribution in [-0.4, -0.2) is 21.0 Å². The van der Waals surface area contributed by atoms with Crippen LogP contribution in [0, 0.1) is 0 Å². The van der Waals surface area contributed by atoms with Gasteiger partial charge in [-0.3, -0.25) is 0 Å². The van der Waals surface area contributed by atoms with E-state index in [1.54, 1.807) is 8.47 Å². The molecule has 0 spiro atoms. The lowest BCUT2D eigenvalue weighted by Gasteiger charge is -2.42. The maximum Gasteiger partial charge on any atom is 0.0608 e. The first-order valence-corrected chi connectivity index (χ1v) is 10.8. The molecular formula is C14H20S4. The normalized spacial score (nSPS) is 44.0. The van der Waals surface area contributed by atoms with Crippen LogP contribution in [0.2, 0.25) is 0 Å². The Kier molecular flexibility index (Phi) is 3.92.